The fourth-order valence-electron chi connectivity index (χ4n) is 3.13. The minimum atomic E-state index is -0.607. The highest BCUT2D eigenvalue weighted by Gasteiger charge is 2.33. The minimum Gasteiger partial charge on any atom is -0.393 e. The van der Waals surface area contributed by atoms with E-state index in [1.165, 1.54) is 0 Å². The molecule has 0 radical (unpaired) electrons. The fourth-order valence-corrected chi connectivity index (χ4v) is 3.13. The average Bonchev–Trinajstić information content (AvgIpc) is 2.27. The Morgan fingerprint density at radius 1 is 1.17 bits per heavy atom. The van der Waals surface area contributed by atoms with Gasteiger partial charge >= 0.3 is 0 Å². The number of piperidine rings is 1. The summed E-state index contributed by atoms with van der Waals surface area (Å²) in [6.07, 6.45) is 3.59. The van der Waals surface area contributed by atoms with Crippen molar-refractivity contribution in [2.24, 2.45) is 11.8 Å². The topological polar surface area (TPSA) is 86.6 Å². The number of amides is 2. The lowest BCUT2D eigenvalue weighted by Gasteiger charge is -2.33. The van der Waals surface area contributed by atoms with Crippen LogP contribution in [0.1, 0.15) is 44.9 Å². The third-order valence-corrected chi connectivity index (χ3v) is 4.08. The van der Waals surface area contributed by atoms with Crippen LogP contribution in [0.15, 0.2) is 0 Å². The average molecular weight is 255 g/mol. The number of carbonyl (C=O) groups is 2. The Hall–Kier alpha value is -0.940. The van der Waals surface area contributed by atoms with Gasteiger partial charge in [-0.25, -0.2) is 0 Å². The summed E-state index contributed by atoms with van der Waals surface area (Å²) >= 11 is 0. The maximum atomic E-state index is 11.2. The van der Waals surface area contributed by atoms with Crippen LogP contribution in [0.4, 0.5) is 0 Å². The van der Waals surface area contributed by atoms with E-state index in [-0.39, 0.29) is 23.7 Å². The predicted molar refractivity (Wildman–Crippen MR) is 64.5 cm³/mol. The molecule has 0 spiro atoms. The van der Waals surface area contributed by atoms with Gasteiger partial charge in [-0.1, -0.05) is 12.8 Å². The SMILES string of the molecule is O=C1CC(C[C@@H](O)[C@H]2CCCC[C@@H]2O)CC(=O)N1. The lowest BCUT2D eigenvalue weighted by Crippen LogP contribution is -2.41. The Bertz CT molecular complexity index is 315. The van der Waals surface area contributed by atoms with Crippen molar-refractivity contribution in [1.82, 2.24) is 5.32 Å². The lowest BCUT2D eigenvalue weighted by atomic mass is 9.78. The van der Waals surface area contributed by atoms with Crippen LogP contribution in [0.25, 0.3) is 0 Å². The number of imide groups is 1. The highest BCUT2D eigenvalue weighted by molar-refractivity contribution is 5.97. The van der Waals surface area contributed by atoms with Gasteiger partial charge in [-0.05, 0) is 25.2 Å². The summed E-state index contributed by atoms with van der Waals surface area (Å²) in [5.74, 6) is -0.700. The summed E-state index contributed by atoms with van der Waals surface area (Å²) in [7, 11) is 0. The number of carbonyl (C=O) groups excluding carboxylic acids is 2. The van der Waals surface area contributed by atoms with Gasteiger partial charge in [0.1, 0.15) is 0 Å². The van der Waals surface area contributed by atoms with Gasteiger partial charge in [-0.15, -0.1) is 0 Å². The molecule has 0 aromatic carbocycles. The summed E-state index contributed by atoms with van der Waals surface area (Å²) in [6, 6.07) is 0. The van der Waals surface area contributed by atoms with Crippen molar-refractivity contribution in [3.63, 3.8) is 0 Å². The molecule has 1 saturated carbocycles. The molecular weight excluding hydrogens is 234 g/mol. The van der Waals surface area contributed by atoms with E-state index in [9.17, 15) is 19.8 Å². The monoisotopic (exact) mass is 255 g/mol. The molecule has 102 valence electrons. The number of aliphatic hydroxyl groups excluding tert-OH is 2. The highest BCUT2D eigenvalue weighted by atomic mass is 16.3. The van der Waals surface area contributed by atoms with Gasteiger partial charge in [0, 0.05) is 18.8 Å². The largest absolute Gasteiger partial charge is 0.393 e. The first-order valence-corrected chi connectivity index (χ1v) is 6.75. The van der Waals surface area contributed by atoms with Crippen LogP contribution in [0.2, 0.25) is 0 Å². The number of nitrogens with one attached hydrogen (secondary N) is 1. The maximum absolute atomic E-state index is 11.2. The Morgan fingerprint density at radius 3 is 2.39 bits per heavy atom. The summed E-state index contributed by atoms with van der Waals surface area (Å²) in [4.78, 5) is 22.5. The molecule has 0 aromatic heterocycles. The quantitative estimate of drug-likeness (QED) is 0.635. The molecule has 1 saturated heterocycles. The van der Waals surface area contributed by atoms with Crippen molar-refractivity contribution in [2.75, 3.05) is 0 Å². The first kappa shape index (κ1) is 13.5. The zero-order chi connectivity index (χ0) is 13.1. The van der Waals surface area contributed by atoms with E-state index >= 15 is 0 Å². The van der Waals surface area contributed by atoms with Gasteiger partial charge < -0.3 is 10.2 Å². The fraction of sp³-hybridized carbons (Fsp3) is 0.846. The van der Waals surface area contributed by atoms with E-state index in [1.807, 2.05) is 0 Å². The van der Waals surface area contributed by atoms with Crippen LogP contribution >= 0.6 is 0 Å². The first-order chi connectivity index (χ1) is 8.56. The Labute approximate surface area is 107 Å². The first-order valence-electron chi connectivity index (χ1n) is 6.75. The zero-order valence-corrected chi connectivity index (χ0v) is 10.5. The van der Waals surface area contributed by atoms with Crippen molar-refractivity contribution < 1.29 is 19.8 Å². The van der Waals surface area contributed by atoms with E-state index in [0.29, 0.717) is 19.3 Å². The predicted octanol–water partition coefficient (Wildman–Crippen LogP) is 0.341. The molecule has 3 atom stereocenters. The van der Waals surface area contributed by atoms with E-state index in [0.717, 1.165) is 25.7 Å². The molecule has 1 aliphatic heterocycles. The molecule has 5 nitrogen and oxygen atoms in total. The van der Waals surface area contributed by atoms with E-state index in [4.69, 9.17) is 0 Å². The molecule has 0 unspecified atom stereocenters. The molecule has 0 bridgehead atoms. The molecule has 2 rings (SSSR count). The minimum absolute atomic E-state index is 0.0876. The van der Waals surface area contributed by atoms with Gasteiger partial charge in [0.05, 0.1) is 12.2 Å². The molecule has 18 heavy (non-hydrogen) atoms. The van der Waals surface area contributed by atoms with E-state index < -0.39 is 12.2 Å². The van der Waals surface area contributed by atoms with Gasteiger partial charge in [-0.3, -0.25) is 14.9 Å². The normalized spacial score (nSPS) is 32.1. The molecule has 2 aliphatic rings. The molecule has 1 aliphatic carbocycles. The van der Waals surface area contributed by atoms with Gasteiger partial charge in [-0.2, -0.15) is 0 Å². The van der Waals surface area contributed by atoms with Gasteiger partial charge in [0.25, 0.3) is 0 Å². The lowest BCUT2D eigenvalue weighted by molar-refractivity contribution is -0.135. The Morgan fingerprint density at radius 2 is 1.78 bits per heavy atom. The van der Waals surface area contributed by atoms with Crippen molar-refractivity contribution in [3.05, 3.63) is 0 Å². The molecule has 5 heteroatoms. The third kappa shape index (κ3) is 3.29. The number of hydrogen-bond acceptors (Lipinski definition) is 4. The van der Waals surface area contributed by atoms with Crippen molar-refractivity contribution in [3.8, 4) is 0 Å². The smallest absolute Gasteiger partial charge is 0.226 e. The molecule has 2 fully saturated rings. The van der Waals surface area contributed by atoms with Crippen molar-refractivity contribution >= 4 is 11.8 Å². The number of rotatable bonds is 3. The molecule has 2 amide bonds. The van der Waals surface area contributed by atoms with Crippen LogP contribution < -0.4 is 5.32 Å². The Kier molecular flexibility index (Phi) is 4.35. The van der Waals surface area contributed by atoms with Gasteiger partial charge in [0.15, 0.2) is 0 Å². The second-order valence-corrected chi connectivity index (χ2v) is 5.56. The third-order valence-electron chi connectivity index (χ3n) is 4.08. The summed E-state index contributed by atoms with van der Waals surface area (Å²) < 4.78 is 0. The molecule has 1 heterocycles. The zero-order valence-electron chi connectivity index (χ0n) is 10.5. The van der Waals surface area contributed by atoms with Crippen LogP contribution in [-0.2, 0) is 9.59 Å². The maximum Gasteiger partial charge on any atom is 0.226 e. The second kappa shape index (κ2) is 5.80. The summed E-state index contributed by atoms with van der Waals surface area (Å²) in [6.45, 7) is 0. The van der Waals surface area contributed by atoms with Gasteiger partial charge in [0.2, 0.25) is 11.8 Å². The molecule has 0 aromatic rings. The number of aliphatic hydroxyl groups is 2. The Balaban J connectivity index is 1.87. The summed E-state index contributed by atoms with van der Waals surface area (Å²) in [5.41, 5.74) is 0. The van der Waals surface area contributed by atoms with Crippen molar-refractivity contribution in [2.45, 2.75) is 57.2 Å². The van der Waals surface area contributed by atoms with Crippen LogP contribution in [0.3, 0.4) is 0 Å². The van der Waals surface area contributed by atoms with E-state index in [2.05, 4.69) is 5.32 Å². The second-order valence-electron chi connectivity index (χ2n) is 5.56. The highest BCUT2D eigenvalue weighted by Crippen LogP contribution is 2.31. The van der Waals surface area contributed by atoms with Crippen LogP contribution in [0.5, 0.6) is 0 Å². The molecular formula is C13H21NO4. The summed E-state index contributed by atoms with van der Waals surface area (Å²) in [5, 5.41) is 22.3. The van der Waals surface area contributed by atoms with Crippen LogP contribution in [0, 0.1) is 11.8 Å². The van der Waals surface area contributed by atoms with Crippen LogP contribution in [-0.4, -0.2) is 34.2 Å². The standard InChI is InChI=1S/C13H21NO4/c15-10-4-2-1-3-9(10)11(16)5-8-6-12(17)14-13(18)7-8/h8-11,15-16H,1-7H2,(H,14,17,18)/t9-,10-,11+/m0/s1. The number of hydrogen-bond donors (Lipinski definition) is 3. The molecule has 3 N–H and O–H groups in total. The van der Waals surface area contributed by atoms with E-state index in [1.54, 1.807) is 0 Å². The van der Waals surface area contributed by atoms with Crippen molar-refractivity contribution in [1.29, 1.82) is 0 Å².